The lowest BCUT2D eigenvalue weighted by Gasteiger charge is -2.40. The Morgan fingerprint density at radius 1 is 1.41 bits per heavy atom. The van der Waals surface area contributed by atoms with Crippen LogP contribution in [0.5, 0.6) is 0 Å². The smallest absolute Gasteiger partial charge is 0.243 e. The van der Waals surface area contributed by atoms with Gasteiger partial charge in [-0.1, -0.05) is 0 Å². The summed E-state index contributed by atoms with van der Waals surface area (Å²) in [6.45, 7) is 6.54. The molecule has 4 nitrogen and oxygen atoms in total. The van der Waals surface area contributed by atoms with Gasteiger partial charge in [-0.05, 0) is 39.0 Å². The number of carbonyl (C=O) groups excluding carboxylic acids is 1. The quantitative estimate of drug-likeness (QED) is 0.741. The van der Waals surface area contributed by atoms with Crippen LogP contribution in [0.4, 0.5) is 11.4 Å². The Hall–Kier alpha value is -2.02. The minimum Gasteiger partial charge on any atom is -0.356 e. The van der Waals surface area contributed by atoms with Gasteiger partial charge in [-0.25, -0.2) is 0 Å². The van der Waals surface area contributed by atoms with Crippen molar-refractivity contribution in [3.05, 3.63) is 23.8 Å². The maximum atomic E-state index is 11.6. The Labute approximate surface area is 101 Å². The van der Waals surface area contributed by atoms with E-state index < -0.39 is 0 Å². The molecule has 0 fully saturated rings. The molecular weight excluding hydrogens is 214 g/mol. The average molecular weight is 229 g/mol. The zero-order chi connectivity index (χ0) is 12.6. The lowest BCUT2D eigenvalue weighted by molar-refractivity contribution is -0.115. The van der Waals surface area contributed by atoms with Gasteiger partial charge in [0.05, 0.1) is 29.6 Å². The summed E-state index contributed by atoms with van der Waals surface area (Å²) in [5.41, 5.74) is 2.12. The maximum absolute atomic E-state index is 11.6. The van der Waals surface area contributed by atoms with E-state index in [-0.39, 0.29) is 11.4 Å². The molecule has 1 N–H and O–H groups in total. The number of fused-ring (bicyclic) bond motifs is 1. The molecule has 1 heterocycles. The Kier molecular flexibility index (Phi) is 2.55. The summed E-state index contributed by atoms with van der Waals surface area (Å²) in [7, 11) is 0. The fraction of sp³-hybridized carbons (Fsp3) is 0.385. The predicted molar refractivity (Wildman–Crippen MR) is 66.9 cm³/mol. The second-order valence-corrected chi connectivity index (χ2v) is 5.15. The van der Waals surface area contributed by atoms with Gasteiger partial charge < -0.3 is 10.2 Å². The van der Waals surface area contributed by atoms with Gasteiger partial charge in [0.1, 0.15) is 0 Å². The molecular formula is C13H15N3O. The van der Waals surface area contributed by atoms with Crippen LogP contribution in [0.3, 0.4) is 0 Å². The van der Waals surface area contributed by atoms with Gasteiger partial charge in [0.25, 0.3) is 0 Å². The molecule has 0 atom stereocenters. The Morgan fingerprint density at radius 2 is 2.12 bits per heavy atom. The highest BCUT2D eigenvalue weighted by atomic mass is 16.2. The summed E-state index contributed by atoms with van der Waals surface area (Å²) < 4.78 is 0. The predicted octanol–water partition coefficient (Wildman–Crippen LogP) is 2.12. The van der Waals surface area contributed by atoms with Gasteiger partial charge in [0.2, 0.25) is 5.91 Å². The molecule has 4 heteroatoms. The van der Waals surface area contributed by atoms with E-state index in [1.165, 1.54) is 0 Å². The Morgan fingerprint density at radius 3 is 2.71 bits per heavy atom. The Balaban J connectivity index is 2.52. The van der Waals surface area contributed by atoms with Crippen molar-refractivity contribution in [1.29, 1.82) is 5.26 Å². The Bertz CT molecular complexity index is 508. The normalized spacial score (nSPS) is 14.9. The molecule has 0 bridgehead atoms. The molecule has 0 radical (unpaired) electrons. The molecule has 88 valence electrons. The number of rotatable bonds is 0. The zero-order valence-electron chi connectivity index (χ0n) is 10.2. The van der Waals surface area contributed by atoms with Crippen LogP contribution >= 0.6 is 0 Å². The first-order valence-corrected chi connectivity index (χ1v) is 5.53. The van der Waals surface area contributed by atoms with Crippen LogP contribution in [0.15, 0.2) is 18.2 Å². The lowest BCUT2D eigenvalue weighted by Crippen LogP contribution is -2.48. The van der Waals surface area contributed by atoms with E-state index in [0.29, 0.717) is 12.1 Å². The van der Waals surface area contributed by atoms with Crippen LogP contribution in [0.2, 0.25) is 0 Å². The first-order valence-electron chi connectivity index (χ1n) is 5.53. The van der Waals surface area contributed by atoms with Crippen molar-refractivity contribution in [2.75, 3.05) is 16.8 Å². The molecule has 0 aromatic heterocycles. The van der Waals surface area contributed by atoms with Crippen molar-refractivity contribution in [3.63, 3.8) is 0 Å². The summed E-state index contributed by atoms with van der Waals surface area (Å²) in [6, 6.07) is 7.45. The lowest BCUT2D eigenvalue weighted by atomic mass is 10.0. The number of hydrogen-bond donors (Lipinski definition) is 1. The third kappa shape index (κ3) is 2.09. The topological polar surface area (TPSA) is 56.1 Å². The van der Waals surface area contributed by atoms with E-state index in [1.54, 1.807) is 12.1 Å². The van der Waals surface area contributed by atoms with Crippen LogP contribution in [0, 0.1) is 11.3 Å². The third-order valence-corrected chi connectivity index (χ3v) is 2.80. The standard InChI is InChI=1S/C13H15N3O/c1-13(2,3)16-8-12(17)15-10-6-9(7-14)4-5-11(10)16/h4-6H,8H2,1-3H3,(H,15,17). The third-order valence-electron chi connectivity index (χ3n) is 2.80. The first kappa shape index (κ1) is 11.5. The minimum atomic E-state index is -0.124. The number of anilines is 2. The monoisotopic (exact) mass is 229 g/mol. The molecule has 0 saturated carbocycles. The SMILES string of the molecule is CC(C)(C)N1CC(=O)Nc2cc(C#N)ccc21. The van der Waals surface area contributed by atoms with Crippen molar-refractivity contribution in [2.24, 2.45) is 0 Å². The molecule has 1 amide bonds. The fourth-order valence-electron chi connectivity index (χ4n) is 1.96. The van der Waals surface area contributed by atoms with Crippen molar-refractivity contribution in [3.8, 4) is 6.07 Å². The summed E-state index contributed by atoms with van der Waals surface area (Å²) in [5.74, 6) is -0.0393. The minimum absolute atomic E-state index is 0.0393. The number of hydrogen-bond acceptors (Lipinski definition) is 3. The second kappa shape index (κ2) is 3.77. The van der Waals surface area contributed by atoms with Crippen molar-refractivity contribution in [1.82, 2.24) is 0 Å². The van der Waals surface area contributed by atoms with Gasteiger partial charge in [-0.2, -0.15) is 5.26 Å². The molecule has 1 aromatic carbocycles. The van der Waals surface area contributed by atoms with Gasteiger partial charge in [-0.3, -0.25) is 4.79 Å². The fourth-order valence-corrected chi connectivity index (χ4v) is 1.96. The number of nitrogens with zero attached hydrogens (tertiary/aromatic N) is 2. The van der Waals surface area contributed by atoms with E-state index in [2.05, 4.69) is 32.2 Å². The van der Waals surface area contributed by atoms with Crippen LogP contribution in [0.1, 0.15) is 26.3 Å². The van der Waals surface area contributed by atoms with E-state index in [1.807, 2.05) is 11.0 Å². The summed E-state index contributed by atoms with van der Waals surface area (Å²) >= 11 is 0. The number of nitriles is 1. The van der Waals surface area contributed by atoms with Gasteiger partial charge in [0.15, 0.2) is 0 Å². The molecule has 2 rings (SSSR count). The van der Waals surface area contributed by atoms with Crippen LogP contribution < -0.4 is 10.2 Å². The van der Waals surface area contributed by atoms with Crippen molar-refractivity contribution < 1.29 is 4.79 Å². The summed E-state index contributed by atoms with van der Waals surface area (Å²) in [6.07, 6.45) is 0. The summed E-state index contributed by atoms with van der Waals surface area (Å²) in [4.78, 5) is 13.7. The molecule has 0 unspecified atom stereocenters. The highest BCUT2D eigenvalue weighted by Gasteiger charge is 2.29. The second-order valence-electron chi connectivity index (χ2n) is 5.15. The van der Waals surface area contributed by atoms with Gasteiger partial charge >= 0.3 is 0 Å². The molecule has 0 spiro atoms. The number of nitrogens with one attached hydrogen (secondary N) is 1. The first-order chi connectivity index (χ1) is 7.91. The van der Waals surface area contributed by atoms with Crippen LogP contribution in [0.25, 0.3) is 0 Å². The molecule has 17 heavy (non-hydrogen) atoms. The van der Waals surface area contributed by atoms with E-state index in [0.717, 1.165) is 11.4 Å². The van der Waals surface area contributed by atoms with Crippen molar-refractivity contribution >= 4 is 17.3 Å². The largest absolute Gasteiger partial charge is 0.356 e. The van der Waals surface area contributed by atoms with E-state index >= 15 is 0 Å². The van der Waals surface area contributed by atoms with Crippen LogP contribution in [-0.2, 0) is 4.79 Å². The summed E-state index contributed by atoms with van der Waals surface area (Å²) in [5, 5.41) is 11.7. The van der Waals surface area contributed by atoms with E-state index in [4.69, 9.17) is 5.26 Å². The number of amides is 1. The van der Waals surface area contributed by atoms with Crippen molar-refractivity contribution in [2.45, 2.75) is 26.3 Å². The average Bonchev–Trinajstić information content (AvgIpc) is 2.25. The van der Waals surface area contributed by atoms with Gasteiger partial charge in [0, 0.05) is 5.54 Å². The van der Waals surface area contributed by atoms with Gasteiger partial charge in [-0.15, -0.1) is 0 Å². The molecule has 1 aromatic rings. The molecule has 0 saturated heterocycles. The molecule has 1 aliphatic rings. The highest BCUT2D eigenvalue weighted by molar-refractivity contribution is 6.01. The molecule has 0 aliphatic carbocycles. The van der Waals surface area contributed by atoms with E-state index in [9.17, 15) is 4.79 Å². The molecule has 1 aliphatic heterocycles. The van der Waals surface area contributed by atoms with Crippen LogP contribution in [-0.4, -0.2) is 18.0 Å². The zero-order valence-corrected chi connectivity index (χ0v) is 10.2. The highest BCUT2D eigenvalue weighted by Crippen LogP contribution is 2.34. The number of benzene rings is 1. The maximum Gasteiger partial charge on any atom is 0.243 e. The number of carbonyl (C=O) groups is 1.